The molecular formula is C7H4IN3O3. The summed E-state index contributed by atoms with van der Waals surface area (Å²) in [4.78, 5) is 21.3. The fraction of sp³-hybridized carbons (Fsp3) is 0. The number of nitro benzene ring substituents is 1. The Morgan fingerprint density at radius 3 is 2.71 bits per heavy atom. The Balaban J connectivity index is 2.98. The topological polar surface area (TPSA) is 91.8 Å². The highest BCUT2D eigenvalue weighted by Crippen LogP contribution is 2.23. The zero-order valence-corrected chi connectivity index (χ0v) is 8.86. The molecule has 0 atom stereocenters. The molecule has 0 amide bonds. The van der Waals surface area contributed by atoms with Gasteiger partial charge in [0.25, 0.3) is 11.2 Å². The maximum atomic E-state index is 11.2. The lowest BCUT2D eigenvalue weighted by atomic mass is 10.2. The van der Waals surface area contributed by atoms with E-state index < -0.39 is 10.5 Å². The molecule has 14 heavy (non-hydrogen) atoms. The number of aromatic amines is 2. The van der Waals surface area contributed by atoms with Crippen molar-refractivity contribution < 1.29 is 4.92 Å². The number of H-pyrrole nitrogens is 2. The molecule has 0 saturated heterocycles. The van der Waals surface area contributed by atoms with Crippen molar-refractivity contribution in [3.05, 3.63) is 36.2 Å². The molecule has 2 aromatic rings. The Morgan fingerprint density at radius 1 is 1.36 bits per heavy atom. The van der Waals surface area contributed by atoms with Crippen molar-refractivity contribution in [3.8, 4) is 0 Å². The van der Waals surface area contributed by atoms with E-state index in [4.69, 9.17) is 0 Å². The van der Waals surface area contributed by atoms with Gasteiger partial charge in [0.1, 0.15) is 5.39 Å². The summed E-state index contributed by atoms with van der Waals surface area (Å²) in [5.74, 6) is 0. The van der Waals surface area contributed by atoms with E-state index in [0.29, 0.717) is 9.09 Å². The van der Waals surface area contributed by atoms with Gasteiger partial charge in [-0.2, -0.15) is 0 Å². The van der Waals surface area contributed by atoms with Crippen LogP contribution in [0.4, 0.5) is 5.69 Å². The minimum atomic E-state index is -0.562. The van der Waals surface area contributed by atoms with Crippen LogP contribution in [0.15, 0.2) is 16.9 Å². The molecule has 1 aromatic carbocycles. The van der Waals surface area contributed by atoms with Crippen molar-refractivity contribution in [2.24, 2.45) is 0 Å². The van der Waals surface area contributed by atoms with Crippen LogP contribution in [0, 0.1) is 13.7 Å². The van der Waals surface area contributed by atoms with Gasteiger partial charge in [-0.3, -0.25) is 25.1 Å². The molecule has 0 bridgehead atoms. The number of nitro groups is 1. The monoisotopic (exact) mass is 305 g/mol. The molecule has 0 unspecified atom stereocenters. The van der Waals surface area contributed by atoms with Crippen molar-refractivity contribution in [2.75, 3.05) is 0 Å². The lowest BCUT2D eigenvalue weighted by Gasteiger charge is -1.93. The van der Waals surface area contributed by atoms with Crippen LogP contribution in [0.25, 0.3) is 10.9 Å². The maximum Gasteiger partial charge on any atom is 0.285 e. The van der Waals surface area contributed by atoms with Crippen LogP contribution in [0.3, 0.4) is 0 Å². The number of halogens is 1. The molecule has 7 heteroatoms. The number of non-ortho nitro benzene ring substituents is 1. The van der Waals surface area contributed by atoms with Gasteiger partial charge in [0.15, 0.2) is 0 Å². The zero-order chi connectivity index (χ0) is 10.3. The molecule has 0 fully saturated rings. The number of hydrogen-bond acceptors (Lipinski definition) is 3. The largest absolute Gasteiger partial charge is 0.297 e. The number of rotatable bonds is 1. The summed E-state index contributed by atoms with van der Waals surface area (Å²) >= 11 is 1.96. The Kier molecular flexibility index (Phi) is 2.02. The molecule has 72 valence electrons. The van der Waals surface area contributed by atoms with E-state index in [0.717, 1.165) is 0 Å². The second-order valence-corrected chi connectivity index (χ2v) is 3.93. The summed E-state index contributed by atoms with van der Waals surface area (Å²) in [6, 6.07) is 3.03. The number of aromatic nitrogens is 2. The normalized spacial score (nSPS) is 10.6. The first-order valence-corrected chi connectivity index (χ1v) is 4.72. The zero-order valence-electron chi connectivity index (χ0n) is 6.70. The summed E-state index contributed by atoms with van der Waals surface area (Å²) < 4.78 is 0.706. The molecule has 0 radical (unpaired) electrons. The molecule has 1 heterocycles. The van der Waals surface area contributed by atoms with E-state index in [2.05, 4.69) is 10.2 Å². The molecule has 0 saturated carbocycles. The lowest BCUT2D eigenvalue weighted by molar-refractivity contribution is -0.383. The quantitative estimate of drug-likeness (QED) is 0.473. The van der Waals surface area contributed by atoms with E-state index in [1.54, 1.807) is 6.07 Å². The third kappa shape index (κ3) is 1.29. The third-order valence-corrected chi connectivity index (χ3v) is 2.44. The summed E-state index contributed by atoms with van der Waals surface area (Å²) in [6.45, 7) is 0. The second kappa shape index (κ2) is 3.08. The lowest BCUT2D eigenvalue weighted by Crippen LogP contribution is -2.01. The van der Waals surface area contributed by atoms with Crippen LogP contribution in [-0.4, -0.2) is 15.1 Å². The predicted octanol–water partition coefficient (Wildman–Crippen LogP) is 1.37. The van der Waals surface area contributed by atoms with Crippen LogP contribution in [-0.2, 0) is 0 Å². The van der Waals surface area contributed by atoms with Gasteiger partial charge < -0.3 is 0 Å². The Morgan fingerprint density at radius 2 is 2.07 bits per heavy atom. The van der Waals surface area contributed by atoms with Gasteiger partial charge in [0.05, 0.1) is 10.4 Å². The van der Waals surface area contributed by atoms with Gasteiger partial charge in [-0.15, -0.1) is 0 Å². The van der Waals surface area contributed by atoms with E-state index in [1.807, 2.05) is 22.6 Å². The SMILES string of the molecule is O=c1[nH][nH]c2cc(I)cc([N+](=O)[O-])c12. The highest BCUT2D eigenvalue weighted by atomic mass is 127. The average Bonchev–Trinajstić information content (AvgIpc) is 2.46. The molecule has 6 nitrogen and oxygen atoms in total. The van der Waals surface area contributed by atoms with Gasteiger partial charge in [-0.05, 0) is 28.7 Å². The van der Waals surface area contributed by atoms with Crippen LogP contribution in [0.2, 0.25) is 0 Å². The number of benzene rings is 1. The van der Waals surface area contributed by atoms with Crippen LogP contribution < -0.4 is 5.56 Å². The third-order valence-electron chi connectivity index (χ3n) is 1.82. The highest BCUT2D eigenvalue weighted by molar-refractivity contribution is 14.1. The minimum absolute atomic E-state index is 0.0930. The maximum absolute atomic E-state index is 11.2. The molecule has 1 aromatic heterocycles. The number of nitrogens with zero attached hydrogens (tertiary/aromatic N) is 1. The fourth-order valence-corrected chi connectivity index (χ4v) is 1.87. The van der Waals surface area contributed by atoms with Crippen molar-refractivity contribution >= 4 is 39.2 Å². The molecule has 2 rings (SSSR count). The van der Waals surface area contributed by atoms with Crippen molar-refractivity contribution in [1.82, 2.24) is 10.2 Å². The van der Waals surface area contributed by atoms with Crippen molar-refractivity contribution in [3.63, 3.8) is 0 Å². The summed E-state index contributed by atoms with van der Waals surface area (Å²) in [5, 5.41) is 15.6. The van der Waals surface area contributed by atoms with E-state index >= 15 is 0 Å². The Labute approximate surface area is 90.6 Å². The van der Waals surface area contributed by atoms with Crippen LogP contribution >= 0.6 is 22.6 Å². The van der Waals surface area contributed by atoms with Gasteiger partial charge in [0.2, 0.25) is 0 Å². The summed E-state index contributed by atoms with van der Waals surface area (Å²) in [6.07, 6.45) is 0. The first-order chi connectivity index (χ1) is 6.59. The fourth-order valence-electron chi connectivity index (χ4n) is 1.26. The molecular weight excluding hydrogens is 301 g/mol. The van der Waals surface area contributed by atoms with E-state index in [1.165, 1.54) is 6.07 Å². The molecule has 2 N–H and O–H groups in total. The van der Waals surface area contributed by atoms with Crippen LogP contribution in [0.5, 0.6) is 0 Å². The van der Waals surface area contributed by atoms with Crippen LogP contribution in [0.1, 0.15) is 0 Å². The molecule has 0 aliphatic rings. The smallest absolute Gasteiger partial charge is 0.285 e. The molecule has 0 spiro atoms. The summed E-state index contributed by atoms with van der Waals surface area (Å²) in [5.41, 5.74) is -0.189. The number of hydrogen-bond donors (Lipinski definition) is 2. The Hall–Kier alpha value is -1.38. The second-order valence-electron chi connectivity index (χ2n) is 2.68. The number of fused-ring (bicyclic) bond motifs is 1. The van der Waals surface area contributed by atoms with E-state index in [-0.39, 0.29) is 11.1 Å². The average molecular weight is 305 g/mol. The predicted molar refractivity (Wildman–Crippen MR) is 58.3 cm³/mol. The van der Waals surface area contributed by atoms with Crippen molar-refractivity contribution in [2.45, 2.75) is 0 Å². The van der Waals surface area contributed by atoms with Gasteiger partial charge >= 0.3 is 0 Å². The van der Waals surface area contributed by atoms with E-state index in [9.17, 15) is 14.9 Å². The summed E-state index contributed by atoms with van der Waals surface area (Å²) in [7, 11) is 0. The van der Waals surface area contributed by atoms with Gasteiger partial charge in [-0.25, -0.2) is 0 Å². The molecule has 0 aliphatic heterocycles. The highest BCUT2D eigenvalue weighted by Gasteiger charge is 2.17. The van der Waals surface area contributed by atoms with Gasteiger partial charge in [0, 0.05) is 9.64 Å². The first-order valence-electron chi connectivity index (χ1n) is 3.64. The Bertz CT molecular complexity index is 571. The van der Waals surface area contributed by atoms with Gasteiger partial charge in [-0.1, -0.05) is 0 Å². The van der Waals surface area contributed by atoms with Crippen molar-refractivity contribution in [1.29, 1.82) is 0 Å². The standard InChI is InChI=1S/C7H4IN3O3/c8-3-1-4-6(7(12)10-9-4)5(2-3)11(13)14/h1-2H,(H2,9,10,12). The first kappa shape index (κ1) is 9.19. The minimum Gasteiger partial charge on any atom is -0.297 e. The molecule has 0 aliphatic carbocycles. The number of nitrogens with one attached hydrogen (secondary N) is 2.